The molecule has 0 atom stereocenters. The summed E-state index contributed by atoms with van der Waals surface area (Å²) in [6.45, 7) is 2.18. The minimum Gasteiger partial charge on any atom is -0.152 e. The van der Waals surface area contributed by atoms with Crippen LogP contribution in [0.1, 0.15) is 5.56 Å². The van der Waals surface area contributed by atoms with Crippen LogP contribution in [0, 0.1) is 13.0 Å². The maximum Gasteiger partial charge on any atom is -0.00146 e. The van der Waals surface area contributed by atoms with Crippen molar-refractivity contribution in [1.82, 2.24) is 0 Å². The Kier molecular flexibility index (Phi) is 2.26. The van der Waals surface area contributed by atoms with Crippen molar-refractivity contribution in [2.45, 2.75) is 6.92 Å². The topological polar surface area (TPSA) is 0 Å². The highest BCUT2D eigenvalue weighted by Crippen LogP contribution is 2.30. The van der Waals surface area contributed by atoms with Crippen LogP contribution in [0.4, 0.5) is 0 Å². The molecule has 16 heavy (non-hydrogen) atoms. The summed E-state index contributed by atoms with van der Waals surface area (Å²) >= 11 is 1.73. The lowest BCUT2D eigenvalue weighted by Gasteiger charge is -2.07. The molecule has 1 heteroatoms. The molecule has 0 saturated carbocycles. The summed E-state index contributed by atoms with van der Waals surface area (Å²) in [6.07, 6.45) is 0. The van der Waals surface area contributed by atoms with Crippen LogP contribution in [0.3, 0.4) is 0 Å². The van der Waals surface area contributed by atoms with E-state index in [4.69, 9.17) is 0 Å². The number of fused-ring (bicyclic) bond motifs is 1. The molecule has 0 aliphatic carbocycles. The van der Waals surface area contributed by atoms with Crippen molar-refractivity contribution in [3.8, 4) is 11.1 Å². The molecule has 3 aromatic rings. The van der Waals surface area contributed by atoms with Crippen LogP contribution in [0.5, 0.6) is 0 Å². The Labute approximate surface area is 99.2 Å². The second-order valence-electron chi connectivity index (χ2n) is 3.88. The van der Waals surface area contributed by atoms with Gasteiger partial charge in [0.15, 0.2) is 0 Å². The first kappa shape index (κ1) is 9.61. The summed E-state index contributed by atoms with van der Waals surface area (Å²) < 4.78 is 0. The second-order valence-corrected chi connectivity index (χ2v) is 4.66. The van der Waals surface area contributed by atoms with Gasteiger partial charge in [-0.05, 0) is 63.3 Å². The number of rotatable bonds is 1. The van der Waals surface area contributed by atoms with Gasteiger partial charge < -0.3 is 0 Å². The Morgan fingerprint density at radius 1 is 1.12 bits per heavy atom. The van der Waals surface area contributed by atoms with E-state index in [-0.39, 0.29) is 0 Å². The van der Waals surface area contributed by atoms with E-state index in [1.807, 2.05) is 0 Å². The monoisotopic (exact) mass is 223 g/mol. The molecule has 1 heterocycles. The van der Waals surface area contributed by atoms with Crippen LogP contribution >= 0.6 is 11.3 Å². The smallest absolute Gasteiger partial charge is 0.00146 e. The Morgan fingerprint density at radius 2 is 2.00 bits per heavy atom. The maximum absolute atomic E-state index is 3.35. The van der Waals surface area contributed by atoms with Crippen molar-refractivity contribution in [2.24, 2.45) is 0 Å². The molecule has 0 amide bonds. The Bertz CT molecular complexity index is 621. The van der Waals surface area contributed by atoms with Crippen molar-refractivity contribution in [3.63, 3.8) is 0 Å². The Morgan fingerprint density at radius 3 is 2.81 bits per heavy atom. The number of aryl methyl sites for hydroxylation is 1. The van der Waals surface area contributed by atoms with Gasteiger partial charge in [-0.2, -0.15) is 11.3 Å². The molecule has 1 aromatic heterocycles. The predicted molar refractivity (Wildman–Crippen MR) is 70.8 cm³/mol. The maximum atomic E-state index is 3.35. The van der Waals surface area contributed by atoms with Crippen LogP contribution in [-0.4, -0.2) is 0 Å². The highest BCUT2D eigenvalue weighted by molar-refractivity contribution is 7.08. The number of benzene rings is 2. The van der Waals surface area contributed by atoms with Crippen LogP contribution < -0.4 is 0 Å². The minimum absolute atomic E-state index is 1.19. The van der Waals surface area contributed by atoms with Gasteiger partial charge in [-0.3, -0.25) is 0 Å². The van der Waals surface area contributed by atoms with Crippen molar-refractivity contribution >= 4 is 22.1 Å². The van der Waals surface area contributed by atoms with Gasteiger partial charge in [0.05, 0.1) is 0 Å². The lowest BCUT2D eigenvalue weighted by atomic mass is 9.97. The summed E-state index contributed by atoms with van der Waals surface area (Å²) in [5, 5.41) is 6.79. The number of hydrogen-bond donors (Lipinski definition) is 0. The van der Waals surface area contributed by atoms with E-state index in [2.05, 4.69) is 60.1 Å². The summed E-state index contributed by atoms with van der Waals surface area (Å²) in [5.74, 6) is 0. The summed E-state index contributed by atoms with van der Waals surface area (Å²) in [5.41, 5.74) is 3.93. The molecule has 2 aromatic carbocycles. The quantitative estimate of drug-likeness (QED) is 0.562. The van der Waals surface area contributed by atoms with Gasteiger partial charge in [-0.15, -0.1) is 0 Å². The van der Waals surface area contributed by atoms with Crippen LogP contribution in [0.25, 0.3) is 21.9 Å². The first-order chi connectivity index (χ1) is 7.86. The molecule has 0 saturated heterocycles. The largest absolute Gasteiger partial charge is 0.152 e. The molecular weight excluding hydrogens is 212 g/mol. The van der Waals surface area contributed by atoms with E-state index in [1.165, 1.54) is 27.5 Å². The van der Waals surface area contributed by atoms with Gasteiger partial charge in [0.25, 0.3) is 0 Å². The van der Waals surface area contributed by atoms with E-state index in [9.17, 15) is 0 Å². The van der Waals surface area contributed by atoms with Gasteiger partial charge in [-0.25, -0.2) is 0 Å². The molecular formula is C15H11S. The molecule has 0 aliphatic heterocycles. The third kappa shape index (κ3) is 1.44. The zero-order valence-electron chi connectivity index (χ0n) is 9.03. The lowest BCUT2D eigenvalue weighted by molar-refractivity contribution is 1.52. The third-order valence-corrected chi connectivity index (χ3v) is 3.62. The molecule has 0 N–H and O–H groups in total. The standard InChI is InChI=1S/C15H11S/c1-11-14-5-3-2-4-12(14)6-7-15(11)13-8-9-16-10-13/h2-5,7-10H,1H3. The normalized spacial score (nSPS) is 10.8. The number of thiophene rings is 1. The van der Waals surface area contributed by atoms with Crippen molar-refractivity contribution in [1.29, 1.82) is 0 Å². The van der Waals surface area contributed by atoms with E-state index in [0.717, 1.165) is 0 Å². The number of hydrogen-bond acceptors (Lipinski definition) is 1. The first-order valence-corrected chi connectivity index (χ1v) is 6.23. The van der Waals surface area contributed by atoms with Gasteiger partial charge in [-0.1, -0.05) is 24.3 Å². The average Bonchev–Trinajstić information content (AvgIpc) is 2.83. The molecule has 3 rings (SSSR count). The molecule has 1 radical (unpaired) electrons. The molecule has 0 unspecified atom stereocenters. The van der Waals surface area contributed by atoms with Crippen LogP contribution in [0.2, 0.25) is 0 Å². The molecule has 0 aliphatic rings. The van der Waals surface area contributed by atoms with E-state index in [1.54, 1.807) is 11.3 Å². The first-order valence-electron chi connectivity index (χ1n) is 5.29. The van der Waals surface area contributed by atoms with E-state index < -0.39 is 0 Å². The van der Waals surface area contributed by atoms with Crippen LogP contribution in [0.15, 0.2) is 47.2 Å². The Hall–Kier alpha value is -1.60. The molecule has 0 fully saturated rings. The average molecular weight is 223 g/mol. The zero-order valence-corrected chi connectivity index (χ0v) is 9.84. The van der Waals surface area contributed by atoms with Crippen LogP contribution in [-0.2, 0) is 0 Å². The predicted octanol–water partition coefficient (Wildman–Crippen LogP) is 4.68. The van der Waals surface area contributed by atoms with E-state index in [0.29, 0.717) is 0 Å². The van der Waals surface area contributed by atoms with Gasteiger partial charge in [0.2, 0.25) is 0 Å². The lowest BCUT2D eigenvalue weighted by Crippen LogP contribution is -1.84. The van der Waals surface area contributed by atoms with E-state index >= 15 is 0 Å². The van der Waals surface area contributed by atoms with Gasteiger partial charge in [0.1, 0.15) is 0 Å². The summed E-state index contributed by atoms with van der Waals surface area (Å²) in [7, 11) is 0. The fourth-order valence-corrected chi connectivity index (χ4v) is 2.71. The Balaban J connectivity index is 2.32. The molecule has 0 bridgehead atoms. The van der Waals surface area contributed by atoms with Gasteiger partial charge in [0, 0.05) is 0 Å². The molecule has 0 nitrogen and oxygen atoms in total. The van der Waals surface area contributed by atoms with Crippen molar-refractivity contribution in [3.05, 3.63) is 58.8 Å². The van der Waals surface area contributed by atoms with Crippen molar-refractivity contribution < 1.29 is 0 Å². The summed E-state index contributed by atoms with van der Waals surface area (Å²) in [4.78, 5) is 0. The zero-order chi connectivity index (χ0) is 11.0. The second kappa shape index (κ2) is 3.76. The molecule has 77 valence electrons. The fraction of sp³-hybridized carbons (Fsp3) is 0.0667. The SMILES string of the molecule is Cc1c(-c2ccsc2)c[c]c2ccccc12. The van der Waals surface area contributed by atoms with Crippen molar-refractivity contribution in [2.75, 3.05) is 0 Å². The fourth-order valence-electron chi connectivity index (χ4n) is 2.06. The summed E-state index contributed by atoms with van der Waals surface area (Å²) in [6, 6.07) is 16.0. The van der Waals surface area contributed by atoms with Gasteiger partial charge >= 0.3 is 0 Å². The molecule has 0 spiro atoms. The highest BCUT2D eigenvalue weighted by atomic mass is 32.1. The highest BCUT2D eigenvalue weighted by Gasteiger charge is 2.05. The minimum atomic E-state index is 1.19. The third-order valence-electron chi connectivity index (χ3n) is 2.94.